The van der Waals surface area contributed by atoms with Crippen molar-refractivity contribution in [3.05, 3.63) is 42.1 Å². The summed E-state index contributed by atoms with van der Waals surface area (Å²) in [4.78, 5) is 37.1. The monoisotopic (exact) mass is 454 g/mol. The van der Waals surface area contributed by atoms with Crippen molar-refractivity contribution in [1.29, 1.82) is 0 Å². The third-order valence-corrected chi connectivity index (χ3v) is 4.73. The minimum Gasteiger partial charge on any atom is -0.356 e. The summed E-state index contributed by atoms with van der Waals surface area (Å²) in [6, 6.07) is 0.355. The van der Waals surface area contributed by atoms with Gasteiger partial charge in [0.05, 0.1) is 6.20 Å². The number of aromatic nitrogens is 3. The molecule has 2 aromatic heterocycles. The molecule has 1 unspecified atom stereocenters. The molecule has 172 valence electrons. The summed E-state index contributed by atoms with van der Waals surface area (Å²) < 4.78 is 51.6. The quantitative estimate of drug-likeness (QED) is 0.441. The van der Waals surface area contributed by atoms with Gasteiger partial charge in [0, 0.05) is 24.8 Å². The molecule has 1 atom stereocenters. The van der Waals surface area contributed by atoms with E-state index in [0.29, 0.717) is 24.3 Å². The maximum Gasteiger partial charge on any atom is 0.405 e. The van der Waals surface area contributed by atoms with E-state index >= 15 is 0 Å². The van der Waals surface area contributed by atoms with Gasteiger partial charge in [0.25, 0.3) is 5.91 Å². The van der Waals surface area contributed by atoms with E-state index in [9.17, 15) is 27.2 Å². The first-order valence-corrected chi connectivity index (χ1v) is 9.81. The van der Waals surface area contributed by atoms with Crippen molar-refractivity contribution in [2.75, 3.05) is 25.0 Å². The summed E-state index contributed by atoms with van der Waals surface area (Å²) in [6.07, 6.45) is 1.55. The van der Waals surface area contributed by atoms with E-state index in [1.807, 2.05) is 12.2 Å². The van der Waals surface area contributed by atoms with Gasteiger partial charge in [-0.1, -0.05) is 26.0 Å². The normalized spacial score (nSPS) is 14.7. The van der Waals surface area contributed by atoms with E-state index in [0.717, 1.165) is 6.20 Å². The molecule has 0 saturated heterocycles. The Labute approximate surface area is 181 Å². The fourth-order valence-corrected chi connectivity index (χ4v) is 3.05. The van der Waals surface area contributed by atoms with Crippen LogP contribution in [0.3, 0.4) is 0 Å². The smallest absolute Gasteiger partial charge is 0.356 e. The lowest BCUT2D eigenvalue weighted by molar-refractivity contribution is -0.139. The van der Waals surface area contributed by atoms with E-state index in [1.165, 1.54) is 12.3 Å². The lowest BCUT2D eigenvalue weighted by Gasteiger charge is -2.23. The number of hydrogen-bond donors (Lipinski definition) is 3. The number of alkyl halides is 3. The highest BCUT2D eigenvalue weighted by atomic mass is 19.4. The Kier molecular flexibility index (Phi) is 6.80. The predicted molar refractivity (Wildman–Crippen MR) is 108 cm³/mol. The molecular weight excluding hydrogens is 432 g/mol. The second-order valence-corrected chi connectivity index (χ2v) is 7.57. The van der Waals surface area contributed by atoms with Crippen molar-refractivity contribution in [1.82, 2.24) is 25.2 Å². The second kappa shape index (κ2) is 9.37. The van der Waals surface area contributed by atoms with Crippen LogP contribution in [0.15, 0.2) is 30.6 Å². The number of nitrogens with one attached hydrogen (secondary N) is 3. The zero-order valence-corrected chi connectivity index (χ0v) is 17.3. The van der Waals surface area contributed by atoms with Crippen LogP contribution in [0.5, 0.6) is 0 Å². The summed E-state index contributed by atoms with van der Waals surface area (Å²) in [5.41, 5.74) is 0.712. The molecule has 8 nitrogen and oxygen atoms in total. The predicted octanol–water partition coefficient (Wildman–Crippen LogP) is 2.74. The van der Waals surface area contributed by atoms with Gasteiger partial charge in [-0.05, 0) is 12.0 Å². The molecule has 1 aliphatic heterocycles. The van der Waals surface area contributed by atoms with Crippen LogP contribution >= 0.6 is 0 Å². The minimum atomic E-state index is -4.57. The molecule has 0 radical (unpaired) electrons. The van der Waals surface area contributed by atoms with Crippen LogP contribution in [0.25, 0.3) is 11.4 Å². The highest BCUT2D eigenvalue weighted by molar-refractivity contribution is 5.94. The number of aromatic amines is 1. The molecule has 3 N–H and O–H groups in total. The first kappa shape index (κ1) is 23.2. The fourth-order valence-electron chi connectivity index (χ4n) is 3.05. The van der Waals surface area contributed by atoms with Crippen LogP contribution in [-0.2, 0) is 4.79 Å². The fraction of sp³-hybridized carbons (Fsp3) is 0.400. The standard InChI is InChI=1S/C20H22F4N6O2/c1-11(2)15(18(31)27-10-20(22,23)24)28-17-13(21)9-26-16(29-17)12-7-14(25-8-12)19(32)30-5-3-4-6-30/h3-4,7-9,11,15,25H,5-6,10H2,1-2H3,(H,27,31)(H,26,28,29). The topological polar surface area (TPSA) is 103 Å². The van der Waals surface area contributed by atoms with Crippen molar-refractivity contribution < 1.29 is 27.2 Å². The highest BCUT2D eigenvalue weighted by Gasteiger charge is 2.31. The van der Waals surface area contributed by atoms with Crippen LogP contribution < -0.4 is 10.6 Å². The Bertz CT molecular complexity index is 1010. The van der Waals surface area contributed by atoms with Gasteiger partial charge in [0.1, 0.15) is 18.3 Å². The van der Waals surface area contributed by atoms with Gasteiger partial charge in [-0.2, -0.15) is 13.2 Å². The average Bonchev–Trinajstić information content (AvgIpc) is 3.42. The molecule has 0 bridgehead atoms. The summed E-state index contributed by atoms with van der Waals surface area (Å²) in [6.45, 7) is 2.70. The van der Waals surface area contributed by atoms with Gasteiger partial charge in [0.2, 0.25) is 5.91 Å². The van der Waals surface area contributed by atoms with E-state index in [2.05, 4.69) is 20.3 Å². The molecule has 0 aromatic carbocycles. The van der Waals surface area contributed by atoms with Crippen LogP contribution in [-0.4, -0.2) is 63.5 Å². The minimum absolute atomic E-state index is 0.0713. The zero-order valence-electron chi connectivity index (χ0n) is 17.3. The first-order valence-electron chi connectivity index (χ1n) is 9.81. The first-order chi connectivity index (χ1) is 15.0. The zero-order chi connectivity index (χ0) is 23.5. The molecule has 2 aromatic rings. The Hall–Kier alpha value is -3.44. The summed E-state index contributed by atoms with van der Waals surface area (Å²) in [7, 11) is 0. The van der Waals surface area contributed by atoms with Gasteiger partial charge < -0.3 is 20.5 Å². The lowest BCUT2D eigenvalue weighted by Crippen LogP contribution is -2.46. The Morgan fingerprint density at radius 2 is 1.94 bits per heavy atom. The summed E-state index contributed by atoms with van der Waals surface area (Å²) in [5.74, 6) is -2.77. The van der Waals surface area contributed by atoms with E-state index in [4.69, 9.17) is 0 Å². The summed E-state index contributed by atoms with van der Waals surface area (Å²) in [5, 5.41) is 4.36. The molecule has 2 amide bonds. The number of hydrogen-bond acceptors (Lipinski definition) is 5. The molecule has 0 aliphatic carbocycles. The number of carbonyl (C=O) groups is 2. The van der Waals surface area contributed by atoms with Crippen LogP contribution in [0.2, 0.25) is 0 Å². The molecular formula is C20H22F4N6O2. The molecule has 3 heterocycles. The van der Waals surface area contributed by atoms with E-state index in [-0.39, 0.29) is 17.5 Å². The van der Waals surface area contributed by atoms with Crippen molar-refractivity contribution >= 4 is 17.6 Å². The van der Waals surface area contributed by atoms with Crippen LogP contribution in [0.4, 0.5) is 23.4 Å². The average molecular weight is 454 g/mol. The Morgan fingerprint density at radius 1 is 1.25 bits per heavy atom. The SMILES string of the molecule is CC(C)C(Nc1nc(-c2c[nH]c(C(=O)N3CC=CC3)c2)ncc1F)C(=O)NCC(F)(F)F. The number of rotatable bonds is 7. The third kappa shape index (κ3) is 5.62. The molecule has 0 spiro atoms. The van der Waals surface area contributed by atoms with Gasteiger partial charge in [-0.15, -0.1) is 0 Å². The molecule has 12 heteroatoms. The number of amides is 2. The molecule has 32 heavy (non-hydrogen) atoms. The van der Waals surface area contributed by atoms with Crippen LogP contribution in [0, 0.1) is 11.7 Å². The van der Waals surface area contributed by atoms with Crippen molar-refractivity contribution in [3.8, 4) is 11.4 Å². The Morgan fingerprint density at radius 3 is 2.56 bits per heavy atom. The number of halogens is 4. The molecule has 0 saturated carbocycles. The lowest BCUT2D eigenvalue weighted by atomic mass is 10.0. The number of H-pyrrole nitrogens is 1. The van der Waals surface area contributed by atoms with Gasteiger partial charge in [0.15, 0.2) is 17.5 Å². The van der Waals surface area contributed by atoms with Crippen molar-refractivity contribution in [2.45, 2.75) is 26.1 Å². The van der Waals surface area contributed by atoms with Crippen molar-refractivity contribution in [3.63, 3.8) is 0 Å². The largest absolute Gasteiger partial charge is 0.405 e. The number of anilines is 1. The van der Waals surface area contributed by atoms with Gasteiger partial charge in [-0.25, -0.2) is 14.4 Å². The van der Waals surface area contributed by atoms with E-state index < -0.39 is 36.4 Å². The highest BCUT2D eigenvalue weighted by Crippen LogP contribution is 2.22. The van der Waals surface area contributed by atoms with Crippen molar-refractivity contribution in [2.24, 2.45) is 5.92 Å². The summed E-state index contributed by atoms with van der Waals surface area (Å²) >= 11 is 0. The van der Waals surface area contributed by atoms with Crippen LogP contribution in [0.1, 0.15) is 24.3 Å². The third-order valence-electron chi connectivity index (χ3n) is 4.73. The molecule has 1 aliphatic rings. The van der Waals surface area contributed by atoms with Gasteiger partial charge in [-0.3, -0.25) is 9.59 Å². The maximum absolute atomic E-state index is 14.3. The number of nitrogens with zero attached hydrogens (tertiary/aromatic N) is 3. The second-order valence-electron chi connectivity index (χ2n) is 7.57. The van der Waals surface area contributed by atoms with Gasteiger partial charge >= 0.3 is 6.18 Å². The molecule has 0 fully saturated rings. The number of carbonyl (C=O) groups excluding carboxylic acids is 2. The Balaban J connectivity index is 1.77. The van der Waals surface area contributed by atoms with E-state index in [1.54, 1.807) is 24.1 Å². The maximum atomic E-state index is 14.3. The molecule has 3 rings (SSSR count).